The fourth-order valence-electron chi connectivity index (χ4n) is 2.21. The van der Waals surface area contributed by atoms with E-state index in [1.807, 2.05) is 13.8 Å². The summed E-state index contributed by atoms with van der Waals surface area (Å²) >= 11 is 0. The number of hydrogen-bond donors (Lipinski definition) is 1. The van der Waals surface area contributed by atoms with Gasteiger partial charge in [-0.15, -0.1) is 0 Å². The Morgan fingerprint density at radius 3 is 2.50 bits per heavy atom. The van der Waals surface area contributed by atoms with Crippen molar-refractivity contribution in [3.8, 4) is 0 Å². The average molecular weight is 256 g/mol. The predicted octanol–water partition coefficient (Wildman–Crippen LogP) is 0.784. The molecule has 0 aromatic rings. The fraction of sp³-hybridized carbons (Fsp3) is 0.846. The average Bonchev–Trinajstić information content (AvgIpc) is 2.24. The smallest absolute Gasteiger partial charge is 0.248 e. The molecule has 0 aromatic carbocycles. The highest BCUT2D eigenvalue weighted by Crippen LogP contribution is 2.22. The molecule has 0 spiro atoms. The molecule has 1 rings (SSSR count). The molecular formula is C13H24N2O3. The number of methoxy groups -OCH3 is 1. The Labute approximate surface area is 109 Å². The van der Waals surface area contributed by atoms with Crippen molar-refractivity contribution in [1.29, 1.82) is 0 Å². The molecule has 1 N–H and O–H groups in total. The zero-order chi connectivity index (χ0) is 13.9. The zero-order valence-electron chi connectivity index (χ0n) is 11.9. The van der Waals surface area contributed by atoms with Crippen molar-refractivity contribution in [1.82, 2.24) is 10.2 Å². The monoisotopic (exact) mass is 256 g/mol. The molecule has 0 radical (unpaired) electrons. The Balaban J connectivity index is 2.91. The van der Waals surface area contributed by atoms with Crippen LogP contribution in [0.3, 0.4) is 0 Å². The number of carbonyl (C=O) groups excluding carboxylic acids is 2. The Morgan fingerprint density at radius 2 is 2.00 bits per heavy atom. The Morgan fingerprint density at radius 1 is 1.39 bits per heavy atom. The molecule has 1 aliphatic rings. The predicted molar refractivity (Wildman–Crippen MR) is 69.1 cm³/mol. The lowest BCUT2D eigenvalue weighted by atomic mass is 9.92. The summed E-state index contributed by atoms with van der Waals surface area (Å²) in [6.07, 6.45) is 0.678. The number of piperazine rings is 1. The van der Waals surface area contributed by atoms with E-state index in [9.17, 15) is 9.59 Å². The lowest BCUT2D eigenvalue weighted by Gasteiger charge is -2.43. The summed E-state index contributed by atoms with van der Waals surface area (Å²) in [6, 6.07) is -0.374. The van der Waals surface area contributed by atoms with Crippen LogP contribution < -0.4 is 5.32 Å². The van der Waals surface area contributed by atoms with Crippen LogP contribution in [0.4, 0.5) is 0 Å². The van der Waals surface area contributed by atoms with Crippen molar-refractivity contribution >= 4 is 11.8 Å². The van der Waals surface area contributed by atoms with Crippen LogP contribution in [0.15, 0.2) is 0 Å². The van der Waals surface area contributed by atoms with Crippen LogP contribution >= 0.6 is 0 Å². The van der Waals surface area contributed by atoms with Gasteiger partial charge in [0.05, 0.1) is 6.61 Å². The van der Waals surface area contributed by atoms with Gasteiger partial charge < -0.3 is 15.0 Å². The first-order valence-corrected chi connectivity index (χ1v) is 6.41. The van der Waals surface area contributed by atoms with E-state index in [2.05, 4.69) is 5.32 Å². The van der Waals surface area contributed by atoms with Gasteiger partial charge in [-0.2, -0.15) is 0 Å². The number of ether oxygens (including phenoxy) is 1. The van der Waals surface area contributed by atoms with E-state index in [1.54, 1.807) is 25.9 Å². The van der Waals surface area contributed by atoms with Gasteiger partial charge in [0.25, 0.3) is 0 Å². The van der Waals surface area contributed by atoms with Crippen molar-refractivity contribution in [3.63, 3.8) is 0 Å². The molecule has 104 valence electrons. The molecule has 0 aliphatic carbocycles. The normalized spacial score (nSPS) is 23.4. The van der Waals surface area contributed by atoms with Crippen molar-refractivity contribution in [2.45, 2.75) is 45.7 Å². The summed E-state index contributed by atoms with van der Waals surface area (Å²) in [6.45, 7) is 8.47. The topological polar surface area (TPSA) is 58.6 Å². The van der Waals surface area contributed by atoms with E-state index < -0.39 is 5.54 Å². The molecule has 1 atom stereocenters. The molecular weight excluding hydrogens is 232 g/mol. The highest BCUT2D eigenvalue weighted by molar-refractivity contribution is 5.99. The zero-order valence-corrected chi connectivity index (χ0v) is 11.9. The van der Waals surface area contributed by atoms with Gasteiger partial charge in [-0.25, -0.2) is 0 Å². The van der Waals surface area contributed by atoms with Crippen molar-refractivity contribution in [2.24, 2.45) is 5.92 Å². The lowest BCUT2D eigenvalue weighted by molar-refractivity contribution is -0.154. The molecule has 1 aliphatic heterocycles. The van der Waals surface area contributed by atoms with E-state index in [0.717, 1.165) is 0 Å². The Hall–Kier alpha value is -1.10. The standard InChI is InChI=1S/C13H24N2O3/c1-9(2)8-10-11(16)14-13(3,4)12(17)15(10)6-7-18-5/h9-10H,6-8H2,1-5H3,(H,14,16). The number of carbonyl (C=O) groups is 2. The molecule has 5 nitrogen and oxygen atoms in total. The molecule has 1 fully saturated rings. The van der Waals surface area contributed by atoms with Crippen LogP contribution in [0.25, 0.3) is 0 Å². The number of nitrogens with one attached hydrogen (secondary N) is 1. The van der Waals surface area contributed by atoms with Gasteiger partial charge in [-0.1, -0.05) is 13.8 Å². The van der Waals surface area contributed by atoms with Crippen molar-refractivity contribution in [2.75, 3.05) is 20.3 Å². The SMILES string of the molecule is COCCN1C(=O)C(C)(C)NC(=O)C1CC(C)C. The molecule has 1 unspecified atom stereocenters. The minimum absolute atomic E-state index is 0.0372. The largest absolute Gasteiger partial charge is 0.383 e. The second-order valence-electron chi connectivity index (χ2n) is 5.75. The van der Waals surface area contributed by atoms with Crippen LogP contribution in [0.2, 0.25) is 0 Å². The third kappa shape index (κ3) is 3.22. The summed E-state index contributed by atoms with van der Waals surface area (Å²) in [7, 11) is 1.59. The van der Waals surface area contributed by atoms with Gasteiger partial charge in [-0.05, 0) is 26.2 Å². The van der Waals surface area contributed by atoms with Crippen molar-refractivity contribution in [3.05, 3.63) is 0 Å². The van der Waals surface area contributed by atoms with Gasteiger partial charge in [0.15, 0.2) is 0 Å². The summed E-state index contributed by atoms with van der Waals surface area (Å²) in [5, 5.41) is 2.80. The Bertz CT molecular complexity index is 326. The quantitative estimate of drug-likeness (QED) is 0.791. The van der Waals surface area contributed by atoms with Gasteiger partial charge in [0, 0.05) is 13.7 Å². The summed E-state index contributed by atoms with van der Waals surface area (Å²) < 4.78 is 5.02. The maximum Gasteiger partial charge on any atom is 0.248 e. The third-order valence-corrected chi connectivity index (χ3v) is 3.14. The van der Waals surface area contributed by atoms with E-state index in [0.29, 0.717) is 25.5 Å². The van der Waals surface area contributed by atoms with Crippen LogP contribution in [0, 0.1) is 5.92 Å². The molecule has 1 saturated heterocycles. The highest BCUT2D eigenvalue weighted by Gasteiger charge is 2.44. The Kier molecular flexibility index (Phi) is 4.73. The van der Waals surface area contributed by atoms with Crippen molar-refractivity contribution < 1.29 is 14.3 Å². The summed E-state index contributed by atoms with van der Waals surface area (Å²) in [4.78, 5) is 26.1. The number of amides is 2. The molecule has 18 heavy (non-hydrogen) atoms. The van der Waals surface area contributed by atoms with Gasteiger partial charge >= 0.3 is 0 Å². The van der Waals surface area contributed by atoms with E-state index in [-0.39, 0.29) is 17.9 Å². The fourth-order valence-corrected chi connectivity index (χ4v) is 2.21. The van der Waals surface area contributed by atoms with Crippen LogP contribution in [0.1, 0.15) is 34.1 Å². The second kappa shape index (κ2) is 5.69. The first-order chi connectivity index (χ1) is 8.29. The lowest BCUT2D eigenvalue weighted by Crippen LogP contribution is -2.68. The summed E-state index contributed by atoms with van der Waals surface area (Å²) in [5.74, 6) is 0.258. The minimum Gasteiger partial charge on any atom is -0.383 e. The summed E-state index contributed by atoms with van der Waals surface area (Å²) in [5.41, 5.74) is -0.821. The number of rotatable bonds is 5. The molecule has 1 heterocycles. The van der Waals surface area contributed by atoms with E-state index in [1.165, 1.54) is 0 Å². The third-order valence-electron chi connectivity index (χ3n) is 3.14. The molecule has 0 saturated carbocycles. The molecule has 5 heteroatoms. The van der Waals surface area contributed by atoms with Crippen LogP contribution in [-0.2, 0) is 14.3 Å². The van der Waals surface area contributed by atoms with Gasteiger partial charge in [0.2, 0.25) is 11.8 Å². The minimum atomic E-state index is -0.821. The van der Waals surface area contributed by atoms with Crippen LogP contribution in [0.5, 0.6) is 0 Å². The van der Waals surface area contributed by atoms with E-state index >= 15 is 0 Å². The maximum absolute atomic E-state index is 12.3. The van der Waals surface area contributed by atoms with E-state index in [4.69, 9.17) is 4.74 Å². The second-order valence-corrected chi connectivity index (χ2v) is 5.75. The van der Waals surface area contributed by atoms with Gasteiger partial charge in [-0.3, -0.25) is 9.59 Å². The maximum atomic E-state index is 12.3. The van der Waals surface area contributed by atoms with Crippen LogP contribution in [-0.4, -0.2) is 48.6 Å². The molecule has 2 amide bonds. The first-order valence-electron chi connectivity index (χ1n) is 6.41. The highest BCUT2D eigenvalue weighted by atomic mass is 16.5. The number of nitrogens with zero attached hydrogens (tertiary/aromatic N) is 1. The number of hydrogen-bond acceptors (Lipinski definition) is 3. The molecule has 0 aromatic heterocycles. The van der Waals surface area contributed by atoms with Gasteiger partial charge in [0.1, 0.15) is 11.6 Å². The first kappa shape index (κ1) is 15.0. The molecule has 0 bridgehead atoms.